The van der Waals surface area contributed by atoms with Crippen molar-refractivity contribution in [3.05, 3.63) is 41.7 Å². The van der Waals surface area contributed by atoms with E-state index in [1.807, 2.05) is 18.2 Å². The van der Waals surface area contributed by atoms with Crippen LogP contribution in [0.5, 0.6) is 0 Å². The fraction of sp³-hybridized carbons (Fsp3) is 0.556. The molecule has 0 aromatic carbocycles. The lowest BCUT2D eigenvalue weighted by atomic mass is 9.95. The van der Waals surface area contributed by atoms with E-state index in [-0.39, 0.29) is 11.5 Å². The third-order valence-electron chi connectivity index (χ3n) is 3.98. The number of furan rings is 1. The molecule has 1 unspecified atom stereocenters. The van der Waals surface area contributed by atoms with Crippen LogP contribution in [-0.2, 0) is 21.5 Å². The van der Waals surface area contributed by atoms with Crippen molar-refractivity contribution in [2.45, 2.75) is 38.9 Å². The van der Waals surface area contributed by atoms with Gasteiger partial charge >= 0.3 is 0 Å². The minimum atomic E-state index is -0.120. The first-order valence-corrected chi connectivity index (χ1v) is 8.24. The Hall–Kier alpha value is -1.92. The van der Waals surface area contributed by atoms with E-state index in [1.54, 1.807) is 13.4 Å². The molecule has 1 saturated heterocycles. The van der Waals surface area contributed by atoms with Crippen LogP contribution in [0.4, 0.5) is 5.82 Å². The van der Waals surface area contributed by atoms with Crippen molar-refractivity contribution < 1.29 is 13.9 Å². The molecule has 0 radical (unpaired) electrons. The number of ether oxygens (including phenoxy) is 2. The summed E-state index contributed by atoms with van der Waals surface area (Å²) in [6.45, 7) is 8.98. The van der Waals surface area contributed by atoms with Crippen molar-refractivity contribution in [3.63, 3.8) is 0 Å². The number of nitrogens with zero attached hydrogens (tertiary/aromatic N) is 3. The molecule has 3 heterocycles. The summed E-state index contributed by atoms with van der Waals surface area (Å²) in [4.78, 5) is 11.7. The Morgan fingerprint density at radius 1 is 1.33 bits per heavy atom. The average molecular weight is 331 g/mol. The molecule has 2 aromatic rings. The lowest BCUT2D eigenvalue weighted by molar-refractivity contribution is 0.0254. The van der Waals surface area contributed by atoms with Crippen LogP contribution in [0.25, 0.3) is 0 Å². The van der Waals surface area contributed by atoms with E-state index in [4.69, 9.17) is 18.9 Å². The molecule has 0 spiro atoms. The summed E-state index contributed by atoms with van der Waals surface area (Å²) in [7, 11) is 1.68. The summed E-state index contributed by atoms with van der Waals surface area (Å²) in [5, 5.41) is 0. The largest absolute Gasteiger partial charge is 0.467 e. The maximum Gasteiger partial charge on any atom is 0.136 e. The topological polar surface area (TPSA) is 60.6 Å². The first-order chi connectivity index (χ1) is 11.5. The highest BCUT2D eigenvalue weighted by Gasteiger charge is 2.27. The molecule has 3 rings (SSSR count). The highest BCUT2D eigenvalue weighted by Crippen LogP contribution is 2.27. The number of hydrogen-bond acceptors (Lipinski definition) is 6. The lowest BCUT2D eigenvalue weighted by Gasteiger charge is -2.33. The minimum absolute atomic E-state index is 0.0762. The summed E-state index contributed by atoms with van der Waals surface area (Å²) in [5.41, 5.74) is 0.777. The molecule has 1 aliphatic heterocycles. The van der Waals surface area contributed by atoms with Crippen molar-refractivity contribution in [1.29, 1.82) is 0 Å². The van der Waals surface area contributed by atoms with E-state index in [0.717, 1.165) is 29.6 Å². The number of methoxy groups -OCH3 is 1. The molecule has 0 saturated carbocycles. The fourth-order valence-electron chi connectivity index (χ4n) is 2.71. The van der Waals surface area contributed by atoms with E-state index in [0.29, 0.717) is 19.8 Å². The molecular formula is C18H25N3O3. The Kier molecular flexibility index (Phi) is 4.87. The number of rotatable bonds is 4. The number of anilines is 1. The second-order valence-electron chi connectivity index (χ2n) is 7.04. The number of morpholine rings is 1. The standard InChI is InChI=1S/C18H25N3O3/c1-18(2,3)17-19-13(12-22-4)10-16(20-17)21-7-9-24-15(11-21)14-6-5-8-23-14/h5-6,8,10,15H,7,9,11-12H2,1-4H3. The third-order valence-corrected chi connectivity index (χ3v) is 3.98. The van der Waals surface area contributed by atoms with Gasteiger partial charge in [0.2, 0.25) is 0 Å². The minimum Gasteiger partial charge on any atom is -0.467 e. The maximum absolute atomic E-state index is 5.85. The van der Waals surface area contributed by atoms with Crippen LogP contribution < -0.4 is 4.90 Å². The van der Waals surface area contributed by atoms with Gasteiger partial charge in [-0.05, 0) is 12.1 Å². The predicted molar refractivity (Wildman–Crippen MR) is 91.1 cm³/mol. The van der Waals surface area contributed by atoms with Crippen molar-refractivity contribution in [1.82, 2.24) is 9.97 Å². The Morgan fingerprint density at radius 3 is 2.83 bits per heavy atom. The van der Waals surface area contributed by atoms with Gasteiger partial charge in [-0.15, -0.1) is 0 Å². The molecule has 24 heavy (non-hydrogen) atoms. The maximum atomic E-state index is 5.85. The van der Waals surface area contributed by atoms with Gasteiger partial charge in [0.05, 0.1) is 31.7 Å². The summed E-state index contributed by atoms with van der Waals surface area (Å²) >= 11 is 0. The van der Waals surface area contributed by atoms with E-state index < -0.39 is 0 Å². The Balaban J connectivity index is 1.88. The molecular weight excluding hydrogens is 306 g/mol. The molecule has 1 fully saturated rings. The first kappa shape index (κ1) is 16.9. The zero-order chi connectivity index (χ0) is 17.2. The van der Waals surface area contributed by atoms with Crippen LogP contribution in [0.15, 0.2) is 28.9 Å². The molecule has 6 nitrogen and oxygen atoms in total. The molecule has 0 bridgehead atoms. The van der Waals surface area contributed by atoms with E-state index in [1.165, 1.54) is 0 Å². The zero-order valence-electron chi connectivity index (χ0n) is 14.8. The van der Waals surface area contributed by atoms with Gasteiger partial charge in [0.15, 0.2) is 0 Å². The highest BCUT2D eigenvalue weighted by molar-refractivity contribution is 5.41. The van der Waals surface area contributed by atoms with Gasteiger partial charge in [-0.25, -0.2) is 9.97 Å². The predicted octanol–water partition coefficient (Wildman–Crippen LogP) is 3.09. The highest BCUT2D eigenvalue weighted by atomic mass is 16.5. The summed E-state index contributed by atoms with van der Waals surface area (Å²) in [6, 6.07) is 5.84. The summed E-state index contributed by atoms with van der Waals surface area (Å²) < 4.78 is 16.6. The van der Waals surface area contributed by atoms with Crippen LogP contribution in [-0.4, -0.2) is 36.8 Å². The third kappa shape index (κ3) is 3.76. The molecule has 130 valence electrons. The SMILES string of the molecule is COCc1cc(N2CCOC(c3ccco3)C2)nc(C(C)(C)C)n1. The smallest absolute Gasteiger partial charge is 0.136 e. The monoisotopic (exact) mass is 331 g/mol. The van der Waals surface area contributed by atoms with Crippen LogP contribution >= 0.6 is 0 Å². The molecule has 1 aliphatic rings. The van der Waals surface area contributed by atoms with Crippen LogP contribution in [0, 0.1) is 0 Å². The van der Waals surface area contributed by atoms with E-state index >= 15 is 0 Å². The number of aromatic nitrogens is 2. The van der Waals surface area contributed by atoms with Crippen molar-refractivity contribution in [3.8, 4) is 0 Å². The van der Waals surface area contributed by atoms with Gasteiger partial charge in [0.1, 0.15) is 23.5 Å². The van der Waals surface area contributed by atoms with Gasteiger partial charge < -0.3 is 18.8 Å². The van der Waals surface area contributed by atoms with Gasteiger partial charge in [0.25, 0.3) is 0 Å². The first-order valence-electron chi connectivity index (χ1n) is 8.24. The Morgan fingerprint density at radius 2 is 2.17 bits per heavy atom. The Labute approximate surface area is 142 Å². The van der Waals surface area contributed by atoms with Crippen LogP contribution in [0.2, 0.25) is 0 Å². The number of hydrogen-bond donors (Lipinski definition) is 0. The van der Waals surface area contributed by atoms with Crippen molar-refractivity contribution in [2.24, 2.45) is 0 Å². The van der Waals surface area contributed by atoms with Gasteiger partial charge in [-0.2, -0.15) is 0 Å². The van der Waals surface area contributed by atoms with Crippen LogP contribution in [0.1, 0.15) is 44.2 Å². The van der Waals surface area contributed by atoms with Crippen molar-refractivity contribution >= 4 is 5.82 Å². The summed E-state index contributed by atoms with van der Waals surface area (Å²) in [6.07, 6.45) is 1.60. The molecule has 0 aliphatic carbocycles. The van der Waals surface area contributed by atoms with E-state index in [9.17, 15) is 0 Å². The normalized spacial score (nSPS) is 18.8. The van der Waals surface area contributed by atoms with E-state index in [2.05, 4.69) is 30.7 Å². The molecule has 2 aromatic heterocycles. The summed E-state index contributed by atoms with van der Waals surface area (Å²) in [5.74, 6) is 2.59. The van der Waals surface area contributed by atoms with Gasteiger partial charge in [-0.1, -0.05) is 20.8 Å². The molecule has 0 amide bonds. The second-order valence-corrected chi connectivity index (χ2v) is 7.04. The molecule has 1 atom stereocenters. The van der Waals surface area contributed by atoms with Gasteiger partial charge in [-0.3, -0.25) is 0 Å². The quantitative estimate of drug-likeness (QED) is 0.858. The van der Waals surface area contributed by atoms with Crippen molar-refractivity contribution in [2.75, 3.05) is 31.7 Å². The van der Waals surface area contributed by atoms with Gasteiger partial charge in [0, 0.05) is 25.1 Å². The molecule has 0 N–H and O–H groups in total. The van der Waals surface area contributed by atoms with Crippen LogP contribution in [0.3, 0.4) is 0 Å². The zero-order valence-corrected chi connectivity index (χ0v) is 14.8. The molecule has 6 heteroatoms. The lowest BCUT2D eigenvalue weighted by Crippen LogP contribution is -2.39. The average Bonchev–Trinajstić information content (AvgIpc) is 3.09. The fourth-order valence-corrected chi connectivity index (χ4v) is 2.71. The second kappa shape index (κ2) is 6.91. The Bertz CT molecular complexity index is 665.